The minimum Gasteiger partial charge on any atom is -0.386 e. The van der Waals surface area contributed by atoms with Crippen LogP contribution in [0.2, 0.25) is 0 Å². The summed E-state index contributed by atoms with van der Waals surface area (Å²) < 4.78 is 39.4. The third-order valence-corrected chi connectivity index (χ3v) is 9.42. The van der Waals surface area contributed by atoms with Gasteiger partial charge in [0.15, 0.2) is 9.84 Å². The molecule has 0 saturated carbocycles. The number of amidine groups is 1. The summed E-state index contributed by atoms with van der Waals surface area (Å²) in [6, 6.07) is 10.2. The molecule has 0 aliphatic carbocycles. The van der Waals surface area contributed by atoms with Crippen molar-refractivity contribution in [2.24, 2.45) is 10.7 Å². The summed E-state index contributed by atoms with van der Waals surface area (Å²) >= 11 is 1.14. The fourth-order valence-electron chi connectivity index (χ4n) is 3.24. The Morgan fingerprint density at radius 1 is 1.37 bits per heavy atom. The molecule has 0 spiro atoms. The molecular weight excluding hydrogens is 385 g/mol. The van der Waals surface area contributed by atoms with E-state index in [2.05, 4.69) is 11.1 Å². The normalized spacial score (nSPS) is 27.0. The quantitative estimate of drug-likeness (QED) is 0.844. The molecule has 0 amide bonds. The van der Waals surface area contributed by atoms with E-state index in [1.54, 1.807) is 45.0 Å². The van der Waals surface area contributed by atoms with Crippen LogP contribution >= 0.6 is 11.3 Å². The van der Waals surface area contributed by atoms with Gasteiger partial charge in [-0.3, -0.25) is 4.99 Å². The average Bonchev–Trinajstić information content (AvgIpc) is 3.02. The molecule has 2 heterocycles. The van der Waals surface area contributed by atoms with Gasteiger partial charge in [0, 0.05) is 4.88 Å². The predicted octanol–water partition coefficient (Wildman–Crippen LogP) is 3.60. The highest BCUT2D eigenvalue weighted by atomic mass is 32.2. The van der Waals surface area contributed by atoms with Crippen molar-refractivity contribution in [3.05, 3.63) is 46.6 Å². The summed E-state index contributed by atoms with van der Waals surface area (Å²) in [5.74, 6) is -0.813. The van der Waals surface area contributed by atoms with Crippen LogP contribution in [0.1, 0.15) is 37.6 Å². The number of hydrogen-bond donors (Lipinski definition) is 1. The molecule has 5 nitrogen and oxygen atoms in total. The van der Waals surface area contributed by atoms with Crippen molar-refractivity contribution in [3.63, 3.8) is 0 Å². The fourth-order valence-corrected chi connectivity index (χ4v) is 6.53. The molecule has 27 heavy (non-hydrogen) atoms. The highest BCUT2D eigenvalue weighted by molar-refractivity contribution is 7.93. The van der Waals surface area contributed by atoms with Crippen molar-refractivity contribution in [3.8, 4) is 16.5 Å². The lowest BCUT2D eigenvalue weighted by molar-refractivity contribution is 0.479. The number of nitrogens with two attached hydrogens (primary N) is 1. The molecule has 0 saturated heterocycles. The van der Waals surface area contributed by atoms with Crippen LogP contribution in [0.25, 0.3) is 10.4 Å². The second-order valence-electron chi connectivity index (χ2n) is 7.09. The van der Waals surface area contributed by atoms with Crippen molar-refractivity contribution >= 4 is 27.0 Å². The number of sulfone groups is 1. The van der Waals surface area contributed by atoms with E-state index in [-0.39, 0.29) is 16.5 Å². The van der Waals surface area contributed by atoms with Crippen LogP contribution < -0.4 is 5.73 Å². The molecule has 1 aromatic carbocycles. The maximum Gasteiger partial charge on any atom is 0.165 e. The monoisotopic (exact) mass is 405 g/mol. The van der Waals surface area contributed by atoms with Gasteiger partial charge in [-0.1, -0.05) is 19.1 Å². The van der Waals surface area contributed by atoms with Crippen molar-refractivity contribution in [1.82, 2.24) is 0 Å². The molecule has 142 valence electrons. The molecule has 2 atom stereocenters. The summed E-state index contributed by atoms with van der Waals surface area (Å²) in [4.78, 5) is 5.27. The van der Waals surface area contributed by atoms with Gasteiger partial charge in [0.05, 0.1) is 22.3 Å². The molecule has 1 aromatic heterocycles. The summed E-state index contributed by atoms with van der Waals surface area (Å²) in [6.07, 6.45) is 0.305. The second-order valence-corrected chi connectivity index (χ2v) is 10.6. The van der Waals surface area contributed by atoms with E-state index < -0.39 is 25.9 Å². The molecule has 3 rings (SSSR count). The molecule has 0 unspecified atom stereocenters. The summed E-state index contributed by atoms with van der Waals surface area (Å²) in [7, 11) is -3.62. The topological polar surface area (TPSA) is 96.3 Å². The average molecular weight is 406 g/mol. The van der Waals surface area contributed by atoms with Crippen molar-refractivity contribution in [2.75, 3.05) is 5.75 Å². The number of rotatable bonds is 3. The highest BCUT2D eigenvalue weighted by Gasteiger charge is 2.51. The molecule has 1 aliphatic heterocycles. The molecule has 1 aliphatic rings. The lowest BCUT2D eigenvalue weighted by atomic mass is 10.00. The Kier molecular flexibility index (Phi) is 4.65. The van der Waals surface area contributed by atoms with Gasteiger partial charge in [-0.2, -0.15) is 5.26 Å². The first-order valence-electron chi connectivity index (χ1n) is 8.45. The van der Waals surface area contributed by atoms with Crippen LogP contribution in [0, 0.1) is 17.1 Å². The highest BCUT2D eigenvalue weighted by Crippen LogP contribution is 2.44. The molecule has 0 radical (unpaired) electrons. The van der Waals surface area contributed by atoms with Gasteiger partial charge in [0.1, 0.15) is 21.9 Å². The zero-order valence-corrected chi connectivity index (χ0v) is 16.9. The van der Waals surface area contributed by atoms with Gasteiger partial charge in [-0.25, -0.2) is 12.8 Å². The number of nitrogens with zero attached hydrogens (tertiary/aromatic N) is 2. The predicted molar refractivity (Wildman–Crippen MR) is 106 cm³/mol. The number of aliphatic imine (C=N–C) groups is 1. The van der Waals surface area contributed by atoms with E-state index in [4.69, 9.17) is 11.0 Å². The van der Waals surface area contributed by atoms with Crippen LogP contribution in [0.3, 0.4) is 0 Å². The zero-order chi connectivity index (χ0) is 20.0. The van der Waals surface area contributed by atoms with Gasteiger partial charge < -0.3 is 5.73 Å². The van der Waals surface area contributed by atoms with Crippen molar-refractivity contribution < 1.29 is 12.8 Å². The van der Waals surface area contributed by atoms with Gasteiger partial charge in [0.25, 0.3) is 0 Å². The fraction of sp³-hybridized carbons (Fsp3) is 0.368. The van der Waals surface area contributed by atoms with E-state index >= 15 is 0 Å². The molecule has 0 fully saturated rings. The molecule has 2 aromatic rings. The minimum atomic E-state index is -3.62. The van der Waals surface area contributed by atoms with Crippen LogP contribution in [-0.2, 0) is 15.4 Å². The molecule has 2 N–H and O–H groups in total. The van der Waals surface area contributed by atoms with Gasteiger partial charge in [-0.05, 0) is 44.0 Å². The smallest absolute Gasteiger partial charge is 0.165 e. The Morgan fingerprint density at radius 2 is 2.07 bits per heavy atom. The third-order valence-electron chi connectivity index (χ3n) is 5.19. The first-order chi connectivity index (χ1) is 12.6. The number of halogens is 1. The second kappa shape index (κ2) is 6.43. The Bertz CT molecular complexity index is 1080. The largest absolute Gasteiger partial charge is 0.386 e. The molecular formula is C19H20FN3O2S2. The van der Waals surface area contributed by atoms with Crippen LogP contribution in [-0.4, -0.2) is 24.8 Å². The summed E-state index contributed by atoms with van der Waals surface area (Å²) in [5.41, 5.74) is 5.92. The first-order valence-corrected chi connectivity index (χ1v) is 10.9. The van der Waals surface area contributed by atoms with E-state index in [1.165, 1.54) is 6.07 Å². The van der Waals surface area contributed by atoms with Crippen molar-refractivity contribution in [2.45, 2.75) is 37.5 Å². The van der Waals surface area contributed by atoms with Crippen molar-refractivity contribution in [1.29, 1.82) is 5.26 Å². The Hall–Kier alpha value is -2.24. The van der Waals surface area contributed by atoms with Crippen LogP contribution in [0.15, 0.2) is 35.3 Å². The lowest BCUT2D eigenvalue weighted by Gasteiger charge is -2.38. The van der Waals surface area contributed by atoms with E-state index in [0.29, 0.717) is 22.4 Å². The summed E-state index contributed by atoms with van der Waals surface area (Å²) in [5, 5.41) is 9.05. The molecule has 0 bridgehead atoms. The van der Waals surface area contributed by atoms with E-state index in [1.807, 2.05) is 0 Å². The SMILES string of the molecule is CC[C@]1(C)C(N)=N[C@](C)(c2sc(-c3cccc(C#N)c3)cc2F)CS1(=O)=O. The summed E-state index contributed by atoms with van der Waals surface area (Å²) in [6.45, 7) is 4.90. The number of thiophene rings is 1. The zero-order valence-electron chi connectivity index (χ0n) is 15.3. The Balaban J connectivity index is 2.12. The Morgan fingerprint density at radius 3 is 2.67 bits per heavy atom. The van der Waals surface area contributed by atoms with Gasteiger partial charge in [0.2, 0.25) is 0 Å². The third kappa shape index (κ3) is 3.05. The first kappa shape index (κ1) is 19.5. The van der Waals surface area contributed by atoms with Gasteiger partial charge in [-0.15, -0.1) is 11.3 Å². The van der Waals surface area contributed by atoms with Gasteiger partial charge >= 0.3 is 0 Å². The number of hydrogen-bond acceptors (Lipinski definition) is 6. The number of benzene rings is 1. The molecule has 8 heteroatoms. The van der Waals surface area contributed by atoms with E-state index in [9.17, 15) is 12.8 Å². The van der Waals surface area contributed by atoms with E-state index in [0.717, 1.165) is 11.3 Å². The Labute approximate surface area is 162 Å². The number of nitriles is 1. The standard InChI is InChI=1S/C19H20FN3O2S2/c1-4-19(3)17(22)23-18(2,11-27(19,24)25)16-14(20)9-15(26-16)13-7-5-6-12(8-13)10-21/h5-9H,4,11H2,1-3H3,(H2,22,23)/t18-,19+/m0/s1. The lowest BCUT2D eigenvalue weighted by Crippen LogP contribution is -2.56. The minimum absolute atomic E-state index is 0.0135. The van der Waals surface area contributed by atoms with Crippen LogP contribution in [0.4, 0.5) is 4.39 Å². The maximum absolute atomic E-state index is 14.8. The van der Waals surface area contributed by atoms with Crippen LogP contribution in [0.5, 0.6) is 0 Å². The maximum atomic E-state index is 14.8.